The monoisotopic (exact) mass is 254 g/mol. The number of hydrogen-bond donors (Lipinski definition) is 1. The zero-order valence-corrected chi connectivity index (χ0v) is 11.7. The van der Waals surface area contributed by atoms with Crippen LogP contribution in [0.1, 0.15) is 42.5 Å². The van der Waals surface area contributed by atoms with Crippen molar-refractivity contribution in [3.63, 3.8) is 0 Å². The number of hydrogen-bond acceptors (Lipinski definition) is 1. The summed E-state index contributed by atoms with van der Waals surface area (Å²) in [6, 6.07) is 7.24. The molecule has 2 aliphatic rings. The summed E-state index contributed by atoms with van der Waals surface area (Å²) in [7, 11) is 0. The van der Waals surface area contributed by atoms with Crippen molar-refractivity contribution in [1.82, 2.24) is 4.57 Å². The summed E-state index contributed by atoms with van der Waals surface area (Å²) < 4.78 is 2.49. The van der Waals surface area contributed by atoms with E-state index in [2.05, 4.69) is 29.7 Å². The second kappa shape index (κ2) is 3.86. The van der Waals surface area contributed by atoms with Crippen molar-refractivity contribution < 1.29 is 0 Å². The van der Waals surface area contributed by atoms with Gasteiger partial charge in [0.1, 0.15) is 0 Å². The van der Waals surface area contributed by atoms with E-state index in [0.717, 1.165) is 6.54 Å². The summed E-state index contributed by atoms with van der Waals surface area (Å²) >= 11 is 0. The zero-order chi connectivity index (χ0) is 13.0. The lowest BCUT2D eigenvalue weighted by Crippen LogP contribution is -2.41. The summed E-state index contributed by atoms with van der Waals surface area (Å²) in [6.45, 7) is 4.22. The van der Waals surface area contributed by atoms with Crippen LogP contribution < -0.4 is 5.73 Å². The molecule has 4 rings (SSSR count). The Kier molecular flexibility index (Phi) is 2.34. The largest absolute Gasteiger partial charge is 0.345 e. The quantitative estimate of drug-likeness (QED) is 0.876. The van der Waals surface area contributed by atoms with E-state index < -0.39 is 0 Å². The Balaban J connectivity index is 1.96. The number of nitrogens with zero attached hydrogens (tertiary/aromatic N) is 1. The molecule has 19 heavy (non-hydrogen) atoms. The minimum Gasteiger partial charge on any atom is -0.345 e. The first-order chi connectivity index (χ1) is 9.23. The van der Waals surface area contributed by atoms with Crippen molar-refractivity contribution >= 4 is 10.9 Å². The van der Waals surface area contributed by atoms with E-state index in [0.29, 0.717) is 0 Å². The van der Waals surface area contributed by atoms with Gasteiger partial charge < -0.3 is 10.3 Å². The van der Waals surface area contributed by atoms with Gasteiger partial charge in [0, 0.05) is 29.6 Å². The van der Waals surface area contributed by atoms with Crippen molar-refractivity contribution in [1.29, 1.82) is 0 Å². The summed E-state index contributed by atoms with van der Waals surface area (Å²) in [5.41, 5.74) is 12.3. The van der Waals surface area contributed by atoms with Gasteiger partial charge in [-0.05, 0) is 55.9 Å². The third kappa shape index (κ3) is 1.47. The smallest absolute Gasteiger partial charge is 0.0515 e. The van der Waals surface area contributed by atoms with Crippen LogP contribution in [-0.2, 0) is 18.4 Å². The molecule has 1 aromatic heterocycles. The van der Waals surface area contributed by atoms with Crippen molar-refractivity contribution in [3.8, 4) is 0 Å². The van der Waals surface area contributed by atoms with Crippen molar-refractivity contribution in [2.75, 3.05) is 6.54 Å². The van der Waals surface area contributed by atoms with Crippen LogP contribution >= 0.6 is 0 Å². The van der Waals surface area contributed by atoms with E-state index in [1.807, 2.05) is 0 Å². The highest BCUT2D eigenvalue weighted by atomic mass is 15.0. The van der Waals surface area contributed by atoms with Gasteiger partial charge in [0.05, 0.1) is 5.52 Å². The van der Waals surface area contributed by atoms with Gasteiger partial charge in [-0.15, -0.1) is 0 Å². The highest BCUT2D eigenvalue weighted by Crippen LogP contribution is 2.45. The zero-order valence-electron chi connectivity index (χ0n) is 11.7. The fraction of sp³-hybridized carbons (Fsp3) is 0.529. The predicted molar refractivity (Wildman–Crippen MR) is 79.6 cm³/mol. The highest BCUT2D eigenvalue weighted by molar-refractivity contribution is 5.86. The molecule has 0 unspecified atom stereocenters. The first-order valence-corrected chi connectivity index (χ1v) is 7.57. The standard InChI is InChI=1S/C17H22N2/c1-12-8-14-10-15(17(11-18)5-3-6-17)9-13-4-2-7-19(12)16(13)14/h8-10H,2-7,11,18H2,1H3. The van der Waals surface area contributed by atoms with Crippen LogP contribution in [0, 0.1) is 6.92 Å². The molecule has 2 aromatic rings. The molecule has 1 aliphatic carbocycles. The predicted octanol–water partition coefficient (Wildman–Crippen LogP) is 3.28. The molecule has 0 bridgehead atoms. The molecule has 0 atom stereocenters. The maximum Gasteiger partial charge on any atom is 0.0515 e. The third-order valence-electron chi connectivity index (χ3n) is 5.42. The second-order valence-electron chi connectivity index (χ2n) is 6.45. The molecular formula is C17H22N2. The van der Waals surface area contributed by atoms with Gasteiger partial charge in [-0.2, -0.15) is 0 Å². The molecule has 1 aromatic carbocycles. The Morgan fingerprint density at radius 1 is 1.21 bits per heavy atom. The topological polar surface area (TPSA) is 30.9 Å². The molecule has 1 fully saturated rings. The molecule has 2 nitrogen and oxygen atoms in total. The average Bonchev–Trinajstić information content (AvgIpc) is 2.68. The summed E-state index contributed by atoms with van der Waals surface area (Å²) in [5, 5.41) is 1.43. The highest BCUT2D eigenvalue weighted by Gasteiger charge is 2.38. The van der Waals surface area contributed by atoms with Crippen LogP contribution in [-0.4, -0.2) is 11.1 Å². The average molecular weight is 254 g/mol. The Bertz CT molecular complexity index is 641. The van der Waals surface area contributed by atoms with Crippen molar-refractivity contribution in [2.45, 2.75) is 51.0 Å². The van der Waals surface area contributed by atoms with Gasteiger partial charge in [0.25, 0.3) is 0 Å². The van der Waals surface area contributed by atoms with E-state index in [1.165, 1.54) is 60.8 Å². The van der Waals surface area contributed by atoms with Crippen LogP contribution in [0.5, 0.6) is 0 Å². The fourth-order valence-electron chi connectivity index (χ4n) is 4.06. The summed E-state index contributed by atoms with van der Waals surface area (Å²) in [6.07, 6.45) is 6.39. The molecule has 0 saturated heterocycles. The number of rotatable bonds is 2. The molecule has 1 saturated carbocycles. The van der Waals surface area contributed by atoms with E-state index in [-0.39, 0.29) is 5.41 Å². The summed E-state index contributed by atoms with van der Waals surface area (Å²) in [5.74, 6) is 0. The molecule has 0 radical (unpaired) electrons. The van der Waals surface area contributed by atoms with E-state index in [1.54, 1.807) is 5.56 Å². The van der Waals surface area contributed by atoms with Crippen LogP contribution in [0.3, 0.4) is 0 Å². The van der Waals surface area contributed by atoms with E-state index in [4.69, 9.17) is 5.73 Å². The minimum atomic E-state index is 0.290. The van der Waals surface area contributed by atoms with Crippen LogP contribution in [0.2, 0.25) is 0 Å². The van der Waals surface area contributed by atoms with Gasteiger partial charge in [-0.1, -0.05) is 12.5 Å². The Labute approximate surface area is 114 Å². The van der Waals surface area contributed by atoms with Crippen molar-refractivity contribution in [3.05, 3.63) is 35.0 Å². The molecule has 100 valence electrons. The normalized spacial score (nSPS) is 20.5. The SMILES string of the molecule is Cc1cc2cc(C3(CN)CCC3)cc3c2n1CCC3. The number of nitrogens with two attached hydrogens (primary N) is 1. The van der Waals surface area contributed by atoms with Crippen LogP contribution in [0.4, 0.5) is 0 Å². The van der Waals surface area contributed by atoms with Gasteiger partial charge >= 0.3 is 0 Å². The molecule has 2 heterocycles. The van der Waals surface area contributed by atoms with Gasteiger partial charge in [0.15, 0.2) is 0 Å². The van der Waals surface area contributed by atoms with Crippen LogP contribution in [0.15, 0.2) is 18.2 Å². The molecule has 0 amide bonds. The fourth-order valence-corrected chi connectivity index (χ4v) is 4.06. The lowest BCUT2D eigenvalue weighted by atomic mass is 9.64. The Morgan fingerprint density at radius 2 is 2.05 bits per heavy atom. The minimum absolute atomic E-state index is 0.290. The first-order valence-electron chi connectivity index (χ1n) is 7.57. The number of aryl methyl sites for hydroxylation is 3. The molecule has 0 spiro atoms. The Morgan fingerprint density at radius 3 is 2.74 bits per heavy atom. The molecular weight excluding hydrogens is 232 g/mol. The van der Waals surface area contributed by atoms with Crippen molar-refractivity contribution in [2.24, 2.45) is 5.73 Å². The third-order valence-corrected chi connectivity index (χ3v) is 5.42. The maximum atomic E-state index is 6.08. The lowest BCUT2D eigenvalue weighted by molar-refractivity contribution is 0.253. The maximum absolute atomic E-state index is 6.08. The molecule has 1 aliphatic heterocycles. The summed E-state index contributed by atoms with van der Waals surface area (Å²) in [4.78, 5) is 0. The number of aromatic nitrogens is 1. The van der Waals surface area contributed by atoms with Crippen LogP contribution in [0.25, 0.3) is 10.9 Å². The van der Waals surface area contributed by atoms with E-state index >= 15 is 0 Å². The van der Waals surface area contributed by atoms with Gasteiger partial charge in [-0.25, -0.2) is 0 Å². The molecule has 2 heteroatoms. The number of benzene rings is 1. The second-order valence-corrected chi connectivity index (χ2v) is 6.45. The first kappa shape index (κ1) is 11.5. The Hall–Kier alpha value is -1.28. The van der Waals surface area contributed by atoms with Gasteiger partial charge in [0.2, 0.25) is 0 Å². The van der Waals surface area contributed by atoms with Gasteiger partial charge in [-0.3, -0.25) is 0 Å². The van der Waals surface area contributed by atoms with E-state index in [9.17, 15) is 0 Å². The lowest BCUT2D eigenvalue weighted by Gasteiger charge is -2.42. The molecule has 2 N–H and O–H groups in total.